The van der Waals surface area contributed by atoms with Gasteiger partial charge in [-0.2, -0.15) is 0 Å². The topological polar surface area (TPSA) is 12.0 Å². The van der Waals surface area contributed by atoms with Crippen molar-refractivity contribution in [3.8, 4) is 0 Å². The molecule has 2 atom stereocenters. The van der Waals surface area contributed by atoms with E-state index in [9.17, 15) is 0 Å². The summed E-state index contributed by atoms with van der Waals surface area (Å²) in [5, 5.41) is 4.38. The number of rotatable bonds is 6. The third-order valence-corrected chi connectivity index (χ3v) is 4.07. The normalized spacial score (nSPS) is 23.4. The van der Waals surface area contributed by atoms with Gasteiger partial charge in [0.1, 0.15) is 0 Å². The maximum Gasteiger partial charge on any atom is 0.0406 e. The molecule has 1 saturated carbocycles. The van der Waals surface area contributed by atoms with E-state index in [0.29, 0.717) is 0 Å². The first-order valence-electron chi connectivity index (χ1n) is 6.74. The molecule has 0 aliphatic heterocycles. The van der Waals surface area contributed by atoms with E-state index in [1.54, 1.807) is 0 Å². The van der Waals surface area contributed by atoms with Crippen LogP contribution < -0.4 is 5.32 Å². The standard InChI is InChI=1S/C15H22ClN/c1-2-9-17-11-14-6-5-13(14)10-12-3-7-15(16)8-4-12/h3-4,7-8,13-14,17H,2,5-6,9-11H2,1H3. The molecule has 1 aromatic carbocycles. The Morgan fingerprint density at radius 3 is 2.47 bits per heavy atom. The van der Waals surface area contributed by atoms with Gasteiger partial charge in [0.05, 0.1) is 0 Å². The molecule has 1 aliphatic rings. The molecule has 1 aliphatic carbocycles. The summed E-state index contributed by atoms with van der Waals surface area (Å²) in [6.45, 7) is 4.58. The highest BCUT2D eigenvalue weighted by Crippen LogP contribution is 2.36. The van der Waals surface area contributed by atoms with Crippen LogP contribution in [0.4, 0.5) is 0 Å². The van der Waals surface area contributed by atoms with Crippen molar-refractivity contribution in [2.24, 2.45) is 11.8 Å². The largest absolute Gasteiger partial charge is 0.316 e. The lowest BCUT2D eigenvalue weighted by atomic mass is 9.70. The van der Waals surface area contributed by atoms with E-state index in [1.165, 1.54) is 37.8 Å². The van der Waals surface area contributed by atoms with E-state index in [4.69, 9.17) is 11.6 Å². The Balaban J connectivity index is 1.77. The van der Waals surface area contributed by atoms with Crippen molar-refractivity contribution in [1.82, 2.24) is 5.32 Å². The molecule has 2 heteroatoms. The van der Waals surface area contributed by atoms with Crippen LogP contribution in [0.25, 0.3) is 0 Å². The Kier molecular flexibility index (Phi) is 4.87. The molecule has 0 heterocycles. The summed E-state index contributed by atoms with van der Waals surface area (Å²) in [5.74, 6) is 1.76. The van der Waals surface area contributed by atoms with Gasteiger partial charge < -0.3 is 5.32 Å². The molecule has 0 saturated heterocycles. The zero-order valence-corrected chi connectivity index (χ0v) is 11.3. The third-order valence-electron chi connectivity index (χ3n) is 3.82. The SMILES string of the molecule is CCCNCC1CCC1Cc1ccc(Cl)cc1. The summed E-state index contributed by atoms with van der Waals surface area (Å²) in [5.41, 5.74) is 1.43. The Hall–Kier alpha value is -0.530. The van der Waals surface area contributed by atoms with E-state index >= 15 is 0 Å². The highest BCUT2D eigenvalue weighted by atomic mass is 35.5. The number of benzene rings is 1. The van der Waals surface area contributed by atoms with Crippen LogP contribution in [0, 0.1) is 11.8 Å². The van der Waals surface area contributed by atoms with Gasteiger partial charge in [-0.3, -0.25) is 0 Å². The molecule has 1 nitrogen and oxygen atoms in total. The zero-order valence-electron chi connectivity index (χ0n) is 10.6. The fraction of sp³-hybridized carbons (Fsp3) is 0.600. The second-order valence-corrected chi connectivity index (χ2v) is 5.57. The summed E-state index contributed by atoms with van der Waals surface area (Å²) in [7, 11) is 0. The van der Waals surface area contributed by atoms with Gasteiger partial charge in [0, 0.05) is 5.02 Å². The van der Waals surface area contributed by atoms with Gasteiger partial charge in [-0.1, -0.05) is 30.7 Å². The fourth-order valence-corrected chi connectivity index (χ4v) is 2.69. The van der Waals surface area contributed by atoms with Crippen LogP contribution in [-0.2, 0) is 6.42 Å². The average molecular weight is 252 g/mol. The summed E-state index contributed by atoms with van der Waals surface area (Å²) in [4.78, 5) is 0. The summed E-state index contributed by atoms with van der Waals surface area (Å²) < 4.78 is 0. The lowest BCUT2D eigenvalue weighted by Gasteiger charge is -2.37. The summed E-state index contributed by atoms with van der Waals surface area (Å²) in [6.07, 6.45) is 5.24. The molecule has 0 aromatic heterocycles. The van der Waals surface area contributed by atoms with Crippen LogP contribution in [-0.4, -0.2) is 13.1 Å². The first kappa shape index (κ1) is 12.9. The summed E-state index contributed by atoms with van der Waals surface area (Å²) in [6, 6.07) is 8.33. The maximum atomic E-state index is 5.90. The molecule has 1 aromatic rings. The highest BCUT2D eigenvalue weighted by Gasteiger charge is 2.29. The third kappa shape index (κ3) is 3.72. The van der Waals surface area contributed by atoms with E-state index in [-0.39, 0.29) is 0 Å². The predicted octanol–water partition coefficient (Wildman–Crippen LogP) is 3.91. The van der Waals surface area contributed by atoms with Gasteiger partial charge in [-0.05, 0) is 68.3 Å². The molecule has 17 heavy (non-hydrogen) atoms. The van der Waals surface area contributed by atoms with Crippen LogP contribution in [0.3, 0.4) is 0 Å². The first-order valence-corrected chi connectivity index (χ1v) is 7.12. The van der Waals surface area contributed by atoms with E-state index in [1.807, 2.05) is 12.1 Å². The van der Waals surface area contributed by atoms with Crippen molar-refractivity contribution < 1.29 is 0 Å². The quantitative estimate of drug-likeness (QED) is 0.756. The van der Waals surface area contributed by atoms with Crippen LogP contribution in [0.2, 0.25) is 5.02 Å². The summed E-state index contributed by atoms with van der Waals surface area (Å²) >= 11 is 5.90. The molecule has 94 valence electrons. The minimum atomic E-state index is 0.837. The lowest BCUT2D eigenvalue weighted by Crippen LogP contribution is -2.36. The Morgan fingerprint density at radius 1 is 1.18 bits per heavy atom. The first-order chi connectivity index (χ1) is 8.29. The van der Waals surface area contributed by atoms with E-state index in [2.05, 4.69) is 24.4 Å². The fourth-order valence-electron chi connectivity index (χ4n) is 2.56. The van der Waals surface area contributed by atoms with E-state index < -0.39 is 0 Å². The van der Waals surface area contributed by atoms with Gasteiger partial charge in [0.25, 0.3) is 0 Å². The molecule has 2 rings (SSSR count). The van der Waals surface area contributed by atoms with Crippen molar-refractivity contribution in [2.75, 3.05) is 13.1 Å². The molecule has 1 fully saturated rings. The molecular weight excluding hydrogens is 230 g/mol. The number of nitrogens with one attached hydrogen (secondary N) is 1. The molecule has 0 spiro atoms. The van der Waals surface area contributed by atoms with Crippen molar-refractivity contribution in [2.45, 2.75) is 32.6 Å². The number of hydrogen-bond acceptors (Lipinski definition) is 1. The Labute approximate surface area is 110 Å². The molecule has 0 radical (unpaired) electrons. The molecule has 1 N–H and O–H groups in total. The predicted molar refractivity (Wildman–Crippen MR) is 74.5 cm³/mol. The van der Waals surface area contributed by atoms with Gasteiger partial charge in [0.2, 0.25) is 0 Å². The second-order valence-electron chi connectivity index (χ2n) is 5.13. The molecule has 0 bridgehead atoms. The Morgan fingerprint density at radius 2 is 1.88 bits per heavy atom. The minimum absolute atomic E-state index is 0.837. The van der Waals surface area contributed by atoms with Gasteiger partial charge in [-0.15, -0.1) is 0 Å². The van der Waals surface area contributed by atoms with Gasteiger partial charge in [0.15, 0.2) is 0 Å². The van der Waals surface area contributed by atoms with Crippen molar-refractivity contribution in [3.05, 3.63) is 34.9 Å². The molecule has 0 amide bonds. The maximum absolute atomic E-state index is 5.90. The van der Waals surface area contributed by atoms with Crippen molar-refractivity contribution in [3.63, 3.8) is 0 Å². The monoisotopic (exact) mass is 251 g/mol. The van der Waals surface area contributed by atoms with Gasteiger partial charge in [-0.25, -0.2) is 0 Å². The van der Waals surface area contributed by atoms with Crippen molar-refractivity contribution in [1.29, 1.82) is 0 Å². The number of hydrogen-bond donors (Lipinski definition) is 1. The number of halogens is 1. The molecular formula is C15H22ClN. The highest BCUT2D eigenvalue weighted by molar-refractivity contribution is 6.30. The second kappa shape index (κ2) is 6.42. The van der Waals surface area contributed by atoms with E-state index in [0.717, 1.165) is 23.4 Å². The zero-order chi connectivity index (χ0) is 12.1. The molecule has 2 unspecified atom stereocenters. The smallest absolute Gasteiger partial charge is 0.0406 e. The van der Waals surface area contributed by atoms with Crippen LogP contribution >= 0.6 is 11.6 Å². The van der Waals surface area contributed by atoms with Crippen LogP contribution in [0.1, 0.15) is 31.7 Å². The van der Waals surface area contributed by atoms with Gasteiger partial charge >= 0.3 is 0 Å². The average Bonchev–Trinajstić information content (AvgIpc) is 2.32. The van der Waals surface area contributed by atoms with Crippen LogP contribution in [0.15, 0.2) is 24.3 Å². The Bertz CT molecular complexity index is 333. The van der Waals surface area contributed by atoms with Crippen molar-refractivity contribution >= 4 is 11.6 Å². The minimum Gasteiger partial charge on any atom is -0.316 e. The lowest BCUT2D eigenvalue weighted by molar-refractivity contribution is 0.171. The van der Waals surface area contributed by atoms with Crippen LogP contribution in [0.5, 0.6) is 0 Å².